The van der Waals surface area contributed by atoms with Gasteiger partial charge in [-0.05, 0) is 42.8 Å². The predicted octanol–water partition coefficient (Wildman–Crippen LogP) is 4.01. The van der Waals surface area contributed by atoms with E-state index in [1.54, 1.807) is 13.0 Å². The third kappa shape index (κ3) is 6.59. The zero-order valence-corrected chi connectivity index (χ0v) is 16.4. The largest absolute Gasteiger partial charge is 0.493 e. The second-order valence-corrected chi connectivity index (χ2v) is 5.86. The van der Waals surface area contributed by atoms with Crippen LogP contribution in [0.1, 0.15) is 18.1 Å². The summed E-state index contributed by atoms with van der Waals surface area (Å²) in [5.74, 6) is 0.0188. The molecule has 0 aliphatic carbocycles. The number of benzene rings is 2. The molecule has 2 aromatic rings. The lowest BCUT2D eigenvalue weighted by molar-refractivity contribution is -0.384. The fraction of sp³-hybridized carbons (Fsp3) is 0.263. The Morgan fingerprint density at radius 3 is 2.58 bits per heavy atom. The maximum absolute atomic E-state index is 12.8. The third-order valence-corrected chi connectivity index (χ3v) is 3.76. The summed E-state index contributed by atoms with van der Waals surface area (Å²) in [5, 5.41) is 14.9. The molecule has 0 fully saturated rings. The lowest BCUT2D eigenvalue weighted by Gasteiger charge is -2.11. The lowest BCUT2D eigenvalue weighted by atomic mass is 10.1. The molecule has 0 atom stereocenters. The number of hydrogen-bond donors (Lipinski definition) is 1. The summed E-state index contributed by atoms with van der Waals surface area (Å²) >= 11 is 0. The molecule has 2 aromatic carbocycles. The minimum absolute atomic E-state index is 0.212. The van der Waals surface area contributed by atoms with E-state index in [1.165, 1.54) is 25.5 Å². The van der Waals surface area contributed by atoms with Crippen molar-refractivity contribution in [3.05, 3.63) is 57.6 Å². The molecule has 12 heteroatoms. The normalized spacial score (nSPS) is 11.3. The molecule has 0 saturated carbocycles. The van der Waals surface area contributed by atoms with Gasteiger partial charge in [0.1, 0.15) is 5.69 Å². The number of alkyl halides is 3. The molecule has 166 valence electrons. The first-order chi connectivity index (χ1) is 14.7. The number of nitro groups is 1. The third-order valence-electron chi connectivity index (χ3n) is 3.76. The van der Waals surface area contributed by atoms with E-state index in [0.29, 0.717) is 17.7 Å². The molecular weight excluding hydrogens is 423 g/mol. The van der Waals surface area contributed by atoms with Crippen molar-refractivity contribution in [3.63, 3.8) is 0 Å². The van der Waals surface area contributed by atoms with Gasteiger partial charge >= 0.3 is 12.1 Å². The Hall–Kier alpha value is -3.83. The Balaban J connectivity index is 2.14. The molecule has 0 aromatic heterocycles. The van der Waals surface area contributed by atoms with Crippen LogP contribution in [0.25, 0.3) is 0 Å². The summed E-state index contributed by atoms with van der Waals surface area (Å²) in [7, 11) is 1.39. The van der Waals surface area contributed by atoms with Gasteiger partial charge in [-0.15, -0.1) is 0 Å². The number of carbonyl (C=O) groups is 1. The Morgan fingerprint density at radius 2 is 1.97 bits per heavy atom. The number of rotatable bonds is 9. The Morgan fingerprint density at radius 1 is 1.23 bits per heavy atom. The standard InChI is InChI=1S/C19H18F3N3O6/c1-3-30-18(26)11-31-16-7-4-12(8-17(16)29-2)10-23-24-14-6-5-13(19(20,21)22)9-15(14)25(27)28/h4-10,24H,3,11H2,1-2H3/b23-10-. The maximum atomic E-state index is 12.8. The summed E-state index contributed by atoms with van der Waals surface area (Å²) in [6.45, 7) is 1.58. The van der Waals surface area contributed by atoms with Crippen LogP contribution in [0.2, 0.25) is 0 Å². The molecule has 0 aliphatic heterocycles. The van der Waals surface area contributed by atoms with Crippen LogP contribution in [-0.2, 0) is 15.7 Å². The lowest BCUT2D eigenvalue weighted by Crippen LogP contribution is -2.14. The number of halogens is 3. The SMILES string of the molecule is CCOC(=O)COc1ccc(/C=N\Nc2ccc(C(F)(F)F)cc2[N+](=O)[O-])cc1OC. The number of ether oxygens (including phenoxy) is 3. The van der Waals surface area contributed by atoms with Gasteiger partial charge in [0.05, 0.1) is 30.4 Å². The maximum Gasteiger partial charge on any atom is 0.416 e. The van der Waals surface area contributed by atoms with Gasteiger partial charge < -0.3 is 14.2 Å². The highest BCUT2D eigenvalue weighted by Crippen LogP contribution is 2.35. The highest BCUT2D eigenvalue weighted by Gasteiger charge is 2.33. The molecule has 31 heavy (non-hydrogen) atoms. The Labute approximate surface area is 174 Å². The van der Waals surface area contributed by atoms with Crippen LogP contribution in [0.4, 0.5) is 24.5 Å². The number of nitrogens with one attached hydrogen (secondary N) is 1. The smallest absolute Gasteiger partial charge is 0.416 e. The van der Waals surface area contributed by atoms with Crippen LogP contribution >= 0.6 is 0 Å². The van der Waals surface area contributed by atoms with Crippen LogP contribution in [0.3, 0.4) is 0 Å². The molecule has 0 heterocycles. The van der Waals surface area contributed by atoms with Crippen molar-refractivity contribution in [2.45, 2.75) is 13.1 Å². The van der Waals surface area contributed by atoms with Crippen molar-refractivity contribution >= 4 is 23.6 Å². The van der Waals surface area contributed by atoms with Crippen molar-refractivity contribution in [1.29, 1.82) is 0 Å². The molecular formula is C19H18F3N3O6. The first-order valence-corrected chi connectivity index (χ1v) is 8.77. The van der Waals surface area contributed by atoms with Gasteiger partial charge in [0.25, 0.3) is 5.69 Å². The second kappa shape index (κ2) is 10.3. The van der Waals surface area contributed by atoms with E-state index in [4.69, 9.17) is 14.2 Å². The molecule has 0 saturated heterocycles. The van der Waals surface area contributed by atoms with Gasteiger partial charge in [-0.2, -0.15) is 18.3 Å². The van der Waals surface area contributed by atoms with Gasteiger partial charge in [0, 0.05) is 6.07 Å². The van der Waals surface area contributed by atoms with E-state index in [-0.39, 0.29) is 30.4 Å². The van der Waals surface area contributed by atoms with Crippen LogP contribution in [0.15, 0.2) is 41.5 Å². The van der Waals surface area contributed by atoms with Gasteiger partial charge in [-0.3, -0.25) is 15.5 Å². The minimum atomic E-state index is -4.71. The minimum Gasteiger partial charge on any atom is -0.493 e. The number of hydrazone groups is 1. The average Bonchev–Trinajstić information content (AvgIpc) is 2.72. The van der Waals surface area contributed by atoms with E-state index in [0.717, 1.165) is 6.07 Å². The first kappa shape index (κ1) is 23.4. The number of carbonyl (C=O) groups excluding carboxylic acids is 1. The molecule has 2 rings (SSSR count). The highest BCUT2D eigenvalue weighted by atomic mass is 19.4. The molecule has 9 nitrogen and oxygen atoms in total. The van der Waals surface area contributed by atoms with Crippen molar-refractivity contribution in [1.82, 2.24) is 0 Å². The van der Waals surface area contributed by atoms with Gasteiger partial charge in [0.15, 0.2) is 18.1 Å². The summed E-state index contributed by atoms with van der Waals surface area (Å²) in [4.78, 5) is 21.5. The van der Waals surface area contributed by atoms with E-state index in [9.17, 15) is 28.1 Å². The van der Waals surface area contributed by atoms with Crippen molar-refractivity contribution < 1.29 is 37.1 Å². The first-order valence-electron chi connectivity index (χ1n) is 8.77. The number of anilines is 1. The molecule has 0 aliphatic rings. The van der Waals surface area contributed by atoms with E-state index in [1.807, 2.05) is 0 Å². The van der Waals surface area contributed by atoms with Gasteiger partial charge in [-0.25, -0.2) is 4.79 Å². The van der Waals surface area contributed by atoms with E-state index in [2.05, 4.69) is 10.5 Å². The van der Waals surface area contributed by atoms with Crippen LogP contribution < -0.4 is 14.9 Å². The zero-order chi connectivity index (χ0) is 23.0. The summed E-state index contributed by atoms with van der Waals surface area (Å²) in [6, 6.07) is 6.66. The number of nitrogens with zero attached hydrogens (tertiary/aromatic N) is 2. The Kier molecular flexibility index (Phi) is 7.77. The number of methoxy groups -OCH3 is 1. The summed E-state index contributed by atoms with van der Waals surface area (Å²) in [6.07, 6.45) is -3.43. The topological polar surface area (TPSA) is 112 Å². The molecule has 0 radical (unpaired) electrons. The van der Waals surface area contributed by atoms with E-state index >= 15 is 0 Å². The average molecular weight is 441 g/mol. The molecule has 1 N–H and O–H groups in total. The Bertz CT molecular complexity index is 979. The molecule has 0 spiro atoms. The summed E-state index contributed by atoms with van der Waals surface area (Å²) < 4.78 is 53.5. The number of esters is 1. The predicted molar refractivity (Wildman–Crippen MR) is 104 cm³/mol. The molecule has 0 bridgehead atoms. The van der Waals surface area contributed by atoms with Gasteiger partial charge in [-0.1, -0.05) is 0 Å². The zero-order valence-electron chi connectivity index (χ0n) is 16.4. The second-order valence-electron chi connectivity index (χ2n) is 5.86. The molecule has 0 unspecified atom stereocenters. The van der Waals surface area contributed by atoms with Crippen molar-refractivity contribution in [2.24, 2.45) is 5.10 Å². The van der Waals surface area contributed by atoms with Crippen LogP contribution in [0, 0.1) is 10.1 Å². The van der Waals surface area contributed by atoms with Crippen LogP contribution in [-0.4, -0.2) is 37.4 Å². The van der Waals surface area contributed by atoms with E-state index < -0.39 is 28.3 Å². The monoisotopic (exact) mass is 441 g/mol. The fourth-order valence-corrected chi connectivity index (χ4v) is 2.35. The number of hydrogen-bond acceptors (Lipinski definition) is 8. The fourth-order valence-electron chi connectivity index (χ4n) is 2.35. The number of nitro benzene ring substituents is 1. The van der Waals surface area contributed by atoms with Crippen molar-refractivity contribution in [3.8, 4) is 11.5 Å². The molecule has 0 amide bonds. The van der Waals surface area contributed by atoms with Gasteiger partial charge in [0.2, 0.25) is 0 Å². The van der Waals surface area contributed by atoms with Crippen molar-refractivity contribution in [2.75, 3.05) is 25.7 Å². The van der Waals surface area contributed by atoms with Crippen LogP contribution in [0.5, 0.6) is 11.5 Å². The summed E-state index contributed by atoms with van der Waals surface area (Å²) in [5.41, 5.74) is 0.718. The highest BCUT2D eigenvalue weighted by molar-refractivity contribution is 5.82. The quantitative estimate of drug-likeness (QED) is 0.271.